The van der Waals surface area contributed by atoms with Crippen molar-refractivity contribution < 1.29 is 4.79 Å². The van der Waals surface area contributed by atoms with Crippen molar-refractivity contribution in [3.8, 4) is 0 Å². The van der Waals surface area contributed by atoms with Crippen molar-refractivity contribution in [1.29, 1.82) is 0 Å². The molecule has 2 fully saturated rings. The molecule has 2 aliphatic rings. The molecule has 2 saturated heterocycles. The average Bonchev–Trinajstić information content (AvgIpc) is 2.44. The molecule has 0 radical (unpaired) electrons. The minimum absolute atomic E-state index is 0. The molecule has 0 unspecified atom stereocenters. The van der Waals surface area contributed by atoms with E-state index in [1.54, 1.807) is 0 Å². The van der Waals surface area contributed by atoms with E-state index in [0.29, 0.717) is 17.7 Å². The summed E-state index contributed by atoms with van der Waals surface area (Å²) in [5.41, 5.74) is 2.57. The molecule has 1 amide bonds. The predicted octanol–water partition coefficient (Wildman–Crippen LogP) is 2.73. The predicted molar refractivity (Wildman–Crippen MR) is 92.7 cm³/mol. The maximum atomic E-state index is 12.2. The van der Waals surface area contributed by atoms with Crippen LogP contribution < -0.4 is 5.32 Å². The van der Waals surface area contributed by atoms with Crippen LogP contribution in [-0.4, -0.2) is 35.4 Å². The summed E-state index contributed by atoms with van der Waals surface area (Å²) in [7, 11) is 0. The lowest BCUT2D eigenvalue weighted by atomic mass is 9.72. The van der Waals surface area contributed by atoms with E-state index < -0.39 is 0 Å². The molecule has 124 valence electrons. The average molecular weight is 346 g/mol. The molecular formula is C16H25Cl2N3O. The van der Waals surface area contributed by atoms with Gasteiger partial charge in [-0.1, -0.05) is 0 Å². The first-order valence-electron chi connectivity index (χ1n) is 7.57. The number of aryl methyl sites for hydroxylation is 1. The Hall–Kier alpha value is -0.840. The van der Waals surface area contributed by atoms with E-state index in [0.717, 1.165) is 38.3 Å². The molecule has 1 aromatic rings. The third kappa shape index (κ3) is 4.34. The third-order valence-corrected chi connectivity index (χ3v) is 4.75. The van der Waals surface area contributed by atoms with Crippen molar-refractivity contribution in [2.45, 2.75) is 39.2 Å². The Morgan fingerprint density at radius 1 is 1.27 bits per heavy atom. The van der Waals surface area contributed by atoms with E-state index in [1.807, 2.05) is 19.2 Å². The topological polar surface area (TPSA) is 45.2 Å². The Balaban J connectivity index is 0.00000121. The second kappa shape index (κ2) is 8.14. The van der Waals surface area contributed by atoms with Gasteiger partial charge in [-0.15, -0.1) is 24.8 Å². The molecule has 3 rings (SSSR count). The Kier molecular flexibility index (Phi) is 7.10. The molecule has 1 spiro atoms. The van der Waals surface area contributed by atoms with Gasteiger partial charge < -0.3 is 10.2 Å². The molecule has 0 saturated carbocycles. The smallest absolute Gasteiger partial charge is 0.222 e. The Labute approximate surface area is 144 Å². The van der Waals surface area contributed by atoms with Gasteiger partial charge in [0, 0.05) is 31.4 Å². The number of hydrogen-bond donors (Lipinski definition) is 1. The molecule has 0 bridgehead atoms. The van der Waals surface area contributed by atoms with Crippen molar-refractivity contribution >= 4 is 30.7 Å². The van der Waals surface area contributed by atoms with E-state index in [2.05, 4.69) is 21.3 Å². The van der Waals surface area contributed by atoms with Crippen LogP contribution in [0.5, 0.6) is 0 Å². The van der Waals surface area contributed by atoms with Crippen LogP contribution in [-0.2, 0) is 11.3 Å². The lowest BCUT2D eigenvalue weighted by molar-refractivity contribution is -0.139. The number of halogens is 2. The van der Waals surface area contributed by atoms with E-state index in [4.69, 9.17) is 0 Å². The highest BCUT2D eigenvalue weighted by atomic mass is 35.5. The molecule has 1 N–H and O–H groups in total. The van der Waals surface area contributed by atoms with Crippen molar-refractivity contribution in [1.82, 2.24) is 15.2 Å². The van der Waals surface area contributed by atoms with Crippen LogP contribution in [0.15, 0.2) is 18.3 Å². The van der Waals surface area contributed by atoms with Gasteiger partial charge in [0.1, 0.15) is 0 Å². The number of carbonyl (C=O) groups excluding carboxylic acids is 1. The molecule has 2 aliphatic heterocycles. The van der Waals surface area contributed by atoms with Crippen molar-refractivity contribution in [3.05, 3.63) is 29.6 Å². The number of carbonyl (C=O) groups is 1. The molecule has 6 heteroatoms. The molecule has 0 atom stereocenters. The van der Waals surface area contributed by atoms with Gasteiger partial charge >= 0.3 is 0 Å². The van der Waals surface area contributed by atoms with Gasteiger partial charge in [-0.2, -0.15) is 0 Å². The van der Waals surface area contributed by atoms with Crippen molar-refractivity contribution in [3.63, 3.8) is 0 Å². The summed E-state index contributed by atoms with van der Waals surface area (Å²) in [6.07, 6.45) is 6.02. The second-order valence-electron chi connectivity index (χ2n) is 6.31. The number of nitrogens with one attached hydrogen (secondary N) is 1. The van der Waals surface area contributed by atoms with Crippen molar-refractivity contribution in [2.75, 3.05) is 19.6 Å². The lowest BCUT2D eigenvalue weighted by Crippen LogP contribution is -2.50. The molecule has 0 aliphatic carbocycles. The monoisotopic (exact) mass is 345 g/mol. The summed E-state index contributed by atoms with van der Waals surface area (Å²) < 4.78 is 0. The first-order chi connectivity index (χ1) is 9.67. The Morgan fingerprint density at radius 2 is 2.00 bits per heavy atom. The maximum absolute atomic E-state index is 12.2. The van der Waals surface area contributed by atoms with Gasteiger partial charge in [-0.25, -0.2) is 0 Å². The summed E-state index contributed by atoms with van der Waals surface area (Å²) in [4.78, 5) is 18.5. The van der Waals surface area contributed by atoms with Crippen LogP contribution in [0.4, 0.5) is 0 Å². The van der Waals surface area contributed by atoms with Crippen LogP contribution in [0.25, 0.3) is 0 Å². The molecule has 0 aromatic carbocycles. The molecule has 3 heterocycles. The fourth-order valence-electron chi connectivity index (χ4n) is 3.53. The summed E-state index contributed by atoms with van der Waals surface area (Å²) in [5, 5.41) is 3.43. The number of rotatable bonds is 2. The zero-order chi connectivity index (χ0) is 14.0. The van der Waals surface area contributed by atoms with Gasteiger partial charge in [-0.3, -0.25) is 9.78 Å². The quantitative estimate of drug-likeness (QED) is 0.896. The van der Waals surface area contributed by atoms with E-state index in [9.17, 15) is 4.79 Å². The highest BCUT2D eigenvalue weighted by Crippen LogP contribution is 2.38. The number of nitrogens with zero attached hydrogens (tertiary/aromatic N) is 2. The van der Waals surface area contributed by atoms with Gasteiger partial charge in [0.2, 0.25) is 5.91 Å². The number of amides is 1. The minimum Gasteiger partial charge on any atom is -0.338 e. The van der Waals surface area contributed by atoms with Gasteiger partial charge in [0.25, 0.3) is 0 Å². The first-order valence-corrected chi connectivity index (χ1v) is 7.57. The van der Waals surface area contributed by atoms with Gasteiger partial charge in [0.05, 0.1) is 0 Å². The van der Waals surface area contributed by atoms with Crippen molar-refractivity contribution in [2.24, 2.45) is 5.41 Å². The van der Waals surface area contributed by atoms with Crippen LogP contribution >= 0.6 is 24.8 Å². The molecule has 22 heavy (non-hydrogen) atoms. The van der Waals surface area contributed by atoms with E-state index in [-0.39, 0.29) is 24.8 Å². The normalized spacial score (nSPS) is 20.2. The SMILES string of the molecule is Cc1cc(CN2CC3(CCNCC3)CCC2=O)ccn1.Cl.Cl. The number of pyridine rings is 1. The minimum atomic E-state index is 0. The zero-order valence-electron chi connectivity index (χ0n) is 13.0. The molecular weight excluding hydrogens is 321 g/mol. The van der Waals surface area contributed by atoms with Crippen LogP contribution in [0.3, 0.4) is 0 Å². The maximum Gasteiger partial charge on any atom is 0.222 e. The van der Waals surface area contributed by atoms with E-state index in [1.165, 1.54) is 18.4 Å². The highest BCUT2D eigenvalue weighted by Gasteiger charge is 2.39. The Morgan fingerprint density at radius 3 is 2.68 bits per heavy atom. The Bertz CT molecular complexity index is 504. The number of aromatic nitrogens is 1. The first kappa shape index (κ1) is 19.2. The third-order valence-electron chi connectivity index (χ3n) is 4.75. The molecule has 4 nitrogen and oxygen atoms in total. The standard InChI is InChI=1S/C16H23N3O.2ClH/c1-13-10-14(3-7-18-13)11-19-12-16(4-2-15(19)20)5-8-17-9-6-16;;/h3,7,10,17H,2,4-6,8-9,11-12H2,1H3;2*1H. The summed E-state index contributed by atoms with van der Waals surface area (Å²) in [5.74, 6) is 0.309. The summed E-state index contributed by atoms with van der Waals surface area (Å²) in [6.45, 7) is 5.84. The zero-order valence-corrected chi connectivity index (χ0v) is 14.6. The van der Waals surface area contributed by atoms with Gasteiger partial charge in [-0.05, 0) is 62.4 Å². The van der Waals surface area contributed by atoms with Gasteiger partial charge in [0.15, 0.2) is 0 Å². The van der Waals surface area contributed by atoms with E-state index >= 15 is 0 Å². The summed E-state index contributed by atoms with van der Waals surface area (Å²) in [6, 6.07) is 4.10. The van der Waals surface area contributed by atoms with Crippen LogP contribution in [0.1, 0.15) is 36.9 Å². The largest absolute Gasteiger partial charge is 0.338 e. The fraction of sp³-hybridized carbons (Fsp3) is 0.625. The molecule has 1 aromatic heterocycles. The highest BCUT2D eigenvalue weighted by molar-refractivity contribution is 5.85. The number of hydrogen-bond acceptors (Lipinski definition) is 3. The summed E-state index contributed by atoms with van der Waals surface area (Å²) >= 11 is 0. The fourth-order valence-corrected chi connectivity index (χ4v) is 3.53. The van der Waals surface area contributed by atoms with Crippen LogP contribution in [0.2, 0.25) is 0 Å². The number of likely N-dealkylation sites (tertiary alicyclic amines) is 1. The number of piperidine rings is 2. The lowest BCUT2D eigenvalue weighted by Gasteiger charge is -2.45. The second-order valence-corrected chi connectivity index (χ2v) is 6.31. The van der Waals surface area contributed by atoms with Crippen LogP contribution in [0, 0.1) is 12.3 Å².